The van der Waals surface area contributed by atoms with Crippen LogP contribution in [0, 0.1) is 0 Å². The molecule has 1 amide bonds. The van der Waals surface area contributed by atoms with Crippen molar-refractivity contribution in [1.29, 1.82) is 0 Å². The number of hydrogen-bond donors (Lipinski definition) is 1. The van der Waals surface area contributed by atoms with Crippen molar-refractivity contribution in [2.24, 2.45) is 0 Å². The molecular formula is C17H19NO5. The Bertz CT molecular complexity index is 677. The molecule has 0 saturated carbocycles. The molecule has 6 nitrogen and oxygen atoms in total. The Morgan fingerprint density at radius 1 is 1.13 bits per heavy atom. The number of carbonyl (C=O) groups is 1. The van der Waals surface area contributed by atoms with Crippen LogP contribution < -0.4 is 19.5 Å². The molecule has 0 atom stereocenters. The second kappa shape index (κ2) is 7.93. The van der Waals surface area contributed by atoms with Gasteiger partial charge in [0.05, 0.1) is 34.1 Å². The van der Waals surface area contributed by atoms with E-state index in [0.29, 0.717) is 35.1 Å². The fourth-order valence-corrected chi connectivity index (χ4v) is 1.99. The van der Waals surface area contributed by atoms with Gasteiger partial charge in [0, 0.05) is 17.7 Å². The van der Waals surface area contributed by atoms with Crippen LogP contribution in [0.3, 0.4) is 0 Å². The Balaban J connectivity index is 2.09. The van der Waals surface area contributed by atoms with Gasteiger partial charge in [0.2, 0.25) is 5.91 Å². The van der Waals surface area contributed by atoms with E-state index in [-0.39, 0.29) is 5.91 Å². The molecule has 0 aliphatic heterocycles. The summed E-state index contributed by atoms with van der Waals surface area (Å²) in [6.45, 7) is 0.333. The molecule has 0 fully saturated rings. The first kappa shape index (κ1) is 16.5. The number of ether oxygens (including phenoxy) is 3. The van der Waals surface area contributed by atoms with Gasteiger partial charge in [-0.2, -0.15) is 0 Å². The Hall–Kier alpha value is -2.89. The van der Waals surface area contributed by atoms with E-state index < -0.39 is 0 Å². The van der Waals surface area contributed by atoms with Crippen molar-refractivity contribution in [1.82, 2.24) is 5.32 Å². The highest BCUT2D eigenvalue weighted by atomic mass is 16.5. The smallest absolute Gasteiger partial charge is 0.244 e. The average molecular weight is 317 g/mol. The summed E-state index contributed by atoms with van der Waals surface area (Å²) >= 11 is 0. The molecule has 0 aliphatic carbocycles. The minimum atomic E-state index is -0.238. The van der Waals surface area contributed by atoms with Crippen LogP contribution in [0.1, 0.15) is 11.3 Å². The van der Waals surface area contributed by atoms with Gasteiger partial charge < -0.3 is 23.9 Å². The van der Waals surface area contributed by atoms with Crippen LogP contribution in [0.4, 0.5) is 0 Å². The van der Waals surface area contributed by atoms with Crippen molar-refractivity contribution in [3.8, 4) is 17.2 Å². The van der Waals surface area contributed by atoms with E-state index in [0.717, 1.165) is 0 Å². The maximum Gasteiger partial charge on any atom is 0.244 e. The zero-order valence-electron chi connectivity index (χ0n) is 13.3. The summed E-state index contributed by atoms with van der Waals surface area (Å²) in [5.41, 5.74) is 0.707. The van der Waals surface area contributed by atoms with Crippen molar-refractivity contribution in [3.05, 3.63) is 47.9 Å². The van der Waals surface area contributed by atoms with E-state index in [2.05, 4.69) is 5.32 Å². The van der Waals surface area contributed by atoms with Gasteiger partial charge in [-0.25, -0.2) is 0 Å². The summed E-state index contributed by atoms with van der Waals surface area (Å²) in [6, 6.07) is 7.01. The van der Waals surface area contributed by atoms with E-state index in [4.69, 9.17) is 18.6 Å². The zero-order valence-corrected chi connectivity index (χ0v) is 13.3. The fraction of sp³-hybridized carbons (Fsp3) is 0.235. The maximum absolute atomic E-state index is 11.9. The van der Waals surface area contributed by atoms with Gasteiger partial charge in [-0.15, -0.1) is 0 Å². The highest BCUT2D eigenvalue weighted by Crippen LogP contribution is 2.35. The van der Waals surface area contributed by atoms with Crippen LogP contribution in [0.2, 0.25) is 0 Å². The van der Waals surface area contributed by atoms with E-state index >= 15 is 0 Å². The van der Waals surface area contributed by atoms with Crippen LogP contribution in [-0.4, -0.2) is 27.2 Å². The predicted molar refractivity (Wildman–Crippen MR) is 85.7 cm³/mol. The molecule has 0 radical (unpaired) electrons. The number of benzene rings is 1. The molecule has 23 heavy (non-hydrogen) atoms. The number of amides is 1. The standard InChI is InChI=1S/C17H19NO5/c1-20-14-10-16(22-3)15(21-2)9-12(14)6-7-17(19)18-11-13-5-4-8-23-13/h4-10H,11H2,1-3H3,(H,18,19)/b7-6+. The first-order chi connectivity index (χ1) is 11.2. The Labute approximate surface area is 134 Å². The molecule has 0 aliphatic rings. The third-order valence-corrected chi connectivity index (χ3v) is 3.17. The lowest BCUT2D eigenvalue weighted by molar-refractivity contribution is -0.116. The van der Waals surface area contributed by atoms with Crippen molar-refractivity contribution in [2.45, 2.75) is 6.54 Å². The van der Waals surface area contributed by atoms with Gasteiger partial charge in [-0.1, -0.05) is 0 Å². The summed E-state index contributed by atoms with van der Waals surface area (Å²) in [4.78, 5) is 11.9. The summed E-state index contributed by atoms with van der Waals surface area (Å²) in [6.07, 6.45) is 4.64. The molecule has 0 unspecified atom stereocenters. The highest BCUT2D eigenvalue weighted by molar-refractivity contribution is 5.92. The van der Waals surface area contributed by atoms with Crippen molar-refractivity contribution >= 4 is 12.0 Å². The average Bonchev–Trinajstić information content (AvgIpc) is 3.10. The van der Waals surface area contributed by atoms with Gasteiger partial charge in [0.15, 0.2) is 11.5 Å². The van der Waals surface area contributed by atoms with Crippen LogP contribution >= 0.6 is 0 Å². The molecule has 0 spiro atoms. The second-order valence-corrected chi connectivity index (χ2v) is 4.58. The summed E-state index contributed by atoms with van der Waals surface area (Å²) in [5, 5.41) is 2.73. The second-order valence-electron chi connectivity index (χ2n) is 4.58. The molecular weight excluding hydrogens is 298 g/mol. The number of carbonyl (C=O) groups excluding carboxylic acids is 1. The van der Waals surface area contributed by atoms with Crippen molar-refractivity contribution < 1.29 is 23.4 Å². The monoisotopic (exact) mass is 317 g/mol. The summed E-state index contributed by atoms with van der Waals surface area (Å²) in [5.74, 6) is 2.15. The maximum atomic E-state index is 11.9. The van der Waals surface area contributed by atoms with E-state index in [1.54, 1.807) is 57.9 Å². The minimum Gasteiger partial charge on any atom is -0.496 e. The normalized spacial score (nSPS) is 10.6. The van der Waals surface area contributed by atoms with E-state index in [1.165, 1.54) is 6.08 Å². The molecule has 1 aromatic heterocycles. The molecule has 2 aromatic rings. The Kier molecular flexibility index (Phi) is 5.68. The van der Waals surface area contributed by atoms with Crippen LogP contribution in [0.15, 0.2) is 41.0 Å². The molecule has 0 saturated heterocycles. The van der Waals surface area contributed by atoms with Crippen LogP contribution in [0.25, 0.3) is 6.08 Å². The third-order valence-electron chi connectivity index (χ3n) is 3.17. The zero-order chi connectivity index (χ0) is 16.7. The minimum absolute atomic E-state index is 0.238. The third kappa shape index (κ3) is 4.29. The molecule has 6 heteroatoms. The highest BCUT2D eigenvalue weighted by Gasteiger charge is 2.10. The van der Waals surface area contributed by atoms with Gasteiger partial charge in [0.25, 0.3) is 0 Å². The van der Waals surface area contributed by atoms with Crippen LogP contribution in [0.5, 0.6) is 17.2 Å². The molecule has 0 bridgehead atoms. The number of nitrogens with one attached hydrogen (secondary N) is 1. The number of hydrogen-bond acceptors (Lipinski definition) is 5. The molecule has 1 heterocycles. The lowest BCUT2D eigenvalue weighted by atomic mass is 10.1. The van der Waals surface area contributed by atoms with Gasteiger partial charge >= 0.3 is 0 Å². The predicted octanol–water partition coefficient (Wildman–Crippen LogP) is 2.64. The SMILES string of the molecule is COc1cc(OC)c(OC)cc1/C=C/C(=O)NCc1ccco1. The largest absolute Gasteiger partial charge is 0.496 e. The Morgan fingerprint density at radius 3 is 2.43 bits per heavy atom. The molecule has 122 valence electrons. The van der Waals surface area contributed by atoms with Gasteiger partial charge in [-0.3, -0.25) is 4.79 Å². The summed E-state index contributed by atoms with van der Waals surface area (Å²) < 4.78 is 20.9. The lowest BCUT2D eigenvalue weighted by Gasteiger charge is -2.12. The molecule has 1 aromatic carbocycles. The molecule has 1 N–H and O–H groups in total. The first-order valence-electron chi connectivity index (χ1n) is 6.96. The first-order valence-corrected chi connectivity index (χ1v) is 6.96. The van der Waals surface area contributed by atoms with Gasteiger partial charge in [0.1, 0.15) is 11.5 Å². The van der Waals surface area contributed by atoms with E-state index in [1.807, 2.05) is 0 Å². The van der Waals surface area contributed by atoms with E-state index in [9.17, 15) is 4.79 Å². The van der Waals surface area contributed by atoms with Crippen molar-refractivity contribution in [3.63, 3.8) is 0 Å². The van der Waals surface area contributed by atoms with Crippen molar-refractivity contribution in [2.75, 3.05) is 21.3 Å². The lowest BCUT2D eigenvalue weighted by Crippen LogP contribution is -2.19. The van der Waals surface area contributed by atoms with Gasteiger partial charge in [-0.05, 0) is 24.3 Å². The summed E-state index contributed by atoms with van der Waals surface area (Å²) in [7, 11) is 4.65. The number of furan rings is 1. The quantitative estimate of drug-likeness (QED) is 0.795. The number of methoxy groups -OCH3 is 3. The Morgan fingerprint density at radius 2 is 1.83 bits per heavy atom. The van der Waals surface area contributed by atoms with Crippen LogP contribution in [-0.2, 0) is 11.3 Å². The topological polar surface area (TPSA) is 69.9 Å². The number of rotatable bonds is 7. The molecule has 2 rings (SSSR count). The fourth-order valence-electron chi connectivity index (χ4n) is 1.99.